The number of aryl methyl sites for hydroxylation is 1. The van der Waals surface area contributed by atoms with Crippen LogP contribution in [0.3, 0.4) is 0 Å². The van der Waals surface area contributed by atoms with E-state index in [1.165, 1.54) is 28.6 Å². The summed E-state index contributed by atoms with van der Waals surface area (Å²) in [6.45, 7) is 1.81. The van der Waals surface area contributed by atoms with E-state index in [9.17, 15) is 43.9 Å². The number of hydrogen-bond acceptors (Lipinski definition) is 4. The van der Waals surface area contributed by atoms with Gasteiger partial charge in [0.2, 0.25) is 15.9 Å². The zero-order valence-electron chi connectivity index (χ0n) is 24.0. The van der Waals surface area contributed by atoms with Gasteiger partial charge in [0.25, 0.3) is 0 Å². The van der Waals surface area contributed by atoms with Crippen molar-refractivity contribution in [1.82, 2.24) is 4.31 Å². The Kier molecular flexibility index (Phi) is 8.88. The molecule has 242 valence electrons. The minimum absolute atomic E-state index is 0.00522. The van der Waals surface area contributed by atoms with Gasteiger partial charge in [-0.3, -0.25) is 4.79 Å². The van der Waals surface area contributed by atoms with Crippen LogP contribution in [0.1, 0.15) is 33.4 Å². The van der Waals surface area contributed by atoms with E-state index in [2.05, 4.69) is 5.32 Å². The Balaban J connectivity index is 1.26. The van der Waals surface area contributed by atoms with E-state index >= 15 is 0 Å². The minimum atomic E-state index is -4.86. The molecule has 0 aliphatic carbocycles. The molecule has 0 saturated carbocycles. The molecule has 0 atom stereocenters. The average Bonchev–Trinajstić information content (AvgIpc) is 2.98. The number of benzene rings is 4. The molecule has 4 aromatic carbocycles. The van der Waals surface area contributed by atoms with Gasteiger partial charge in [-0.25, -0.2) is 12.8 Å². The number of nitrogens with zero attached hydrogens (tertiary/aromatic N) is 1. The summed E-state index contributed by atoms with van der Waals surface area (Å²) in [5, 5.41) is 2.75. The summed E-state index contributed by atoms with van der Waals surface area (Å²) < 4.78 is 125. The molecule has 14 heteroatoms. The van der Waals surface area contributed by atoms with Gasteiger partial charge in [-0.1, -0.05) is 18.2 Å². The zero-order valence-corrected chi connectivity index (χ0v) is 24.8. The molecule has 0 radical (unpaired) electrons. The molecule has 0 unspecified atom stereocenters. The van der Waals surface area contributed by atoms with Crippen molar-refractivity contribution in [3.8, 4) is 11.5 Å². The van der Waals surface area contributed by atoms with E-state index in [1.54, 1.807) is 19.1 Å². The lowest BCUT2D eigenvalue weighted by atomic mass is 9.95. The highest BCUT2D eigenvalue weighted by Crippen LogP contribution is 2.35. The molecule has 0 saturated heterocycles. The van der Waals surface area contributed by atoms with Gasteiger partial charge in [0.15, 0.2) is 0 Å². The predicted molar refractivity (Wildman–Crippen MR) is 154 cm³/mol. The summed E-state index contributed by atoms with van der Waals surface area (Å²) in [5.74, 6) is -1.70. The highest BCUT2D eigenvalue weighted by atomic mass is 32.2. The topological polar surface area (TPSA) is 75.7 Å². The molecule has 1 N–H and O–H groups in total. The molecule has 1 heterocycles. The van der Waals surface area contributed by atoms with Crippen molar-refractivity contribution in [3.05, 3.63) is 118 Å². The monoisotopic (exact) mass is 666 g/mol. The maximum atomic E-state index is 14.0. The lowest BCUT2D eigenvalue weighted by Crippen LogP contribution is -2.36. The average molecular weight is 667 g/mol. The number of carbonyl (C=O) groups is 1. The van der Waals surface area contributed by atoms with Gasteiger partial charge in [0.05, 0.1) is 22.4 Å². The Morgan fingerprint density at radius 3 is 2.09 bits per heavy atom. The molecule has 1 aliphatic heterocycles. The van der Waals surface area contributed by atoms with E-state index in [1.807, 2.05) is 0 Å². The largest absolute Gasteiger partial charge is 0.457 e. The van der Waals surface area contributed by atoms with Crippen LogP contribution >= 0.6 is 0 Å². The van der Waals surface area contributed by atoms with Crippen molar-refractivity contribution in [2.45, 2.75) is 43.6 Å². The summed E-state index contributed by atoms with van der Waals surface area (Å²) in [5.41, 5.74) is 0.286. The van der Waals surface area contributed by atoms with Crippen molar-refractivity contribution in [1.29, 1.82) is 0 Å². The van der Waals surface area contributed by atoms with E-state index in [-0.39, 0.29) is 47.9 Å². The van der Waals surface area contributed by atoms with E-state index in [0.717, 1.165) is 30.3 Å². The molecular formula is C32H25F7N2O4S. The molecular weight excluding hydrogens is 641 g/mol. The summed E-state index contributed by atoms with van der Waals surface area (Å²) in [4.78, 5) is 12.8. The number of amides is 1. The Morgan fingerprint density at radius 1 is 0.870 bits per heavy atom. The third-order valence-corrected chi connectivity index (χ3v) is 9.28. The molecule has 5 rings (SSSR count). The molecule has 1 amide bonds. The lowest BCUT2D eigenvalue weighted by Gasteiger charge is -2.30. The van der Waals surface area contributed by atoms with Crippen molar-refractivity contribution in [3.63, 3.8) is 0 Å². The first kappa shape index (κ1) is 32.9. The van der Waals surface area contributed by atoms with Crippen LogP contribution in [-0.4, -0.2) is 25.2 Å². The van der Waals surface area contributed by atoms with E-state index in [0.29, 0.717) is 34.5 Å². The fraction of sp³-hybridized carbons (Fsp3) is 0.219. The zero-order chi connectivity index (χ0) is 33.4. The Labute approximate surface area is 259 Å². The third kappa shape index (κ3) is 7.18. The van der Waals surface area contributed by atoms with Crippen LogP contribution < -0.4 is 10.1 Å². The second kappa shape index (κ2) is 12.4. The van der Waals surface area contributed by atoms with Gasteiger partial charge < -0.3 is 10.1 Å². The summed E-state index contributed by atoms with van der Waals surface area (Å²) >= 11 is 0. The van der Waals surface area contributed by atoms with Crippen molar-refractivity contribution in [2.75, 3.05) is 11.9 Å². The van der Waals surface area contributed by atoms with Gasteiger partial charge >= 0.3 is 12.4 Å². The van der Waals surface area contributed by atoms with Crippen LogP contribution in [0.2, 0.25) is 0 Å². The Morgan fingerprint density at radius 2 is 1.50 bits per heavy atom. The van der Waals surface area contributed by atoms with Crippen molar-refractivity contribution < 1.29 is 48.7 Å². The van der Waals surface area contributed by atoms with E-state index < -0.39 is 45.2 Å². The van der Waals surface area contributed by atoms with E-state index in [4.69, 9.17) is 4.74 Å². The minimum Gasteiger partial charge on any atom is -0.457 e. The molecule has 0 aromatic heterocycles. The second-order valence-corrected chi connectivity index (χ2v) is 12.6. The Hall–Kier alpha value is -4.43. The second-order valence-electron chi connectivity index (χ2n) is 10.6. The molecule has 0 spiro atoms. The maximum absolute atomic E-state index is 14.0. The smallest absolute Gasteiger partial charge is 0.419 e. The van der Waals surface area contributed by atoms with Crippen molar-refractivity contribution in [2.24, 2.45) is 0 Å². The molecule has 1 aliphatic rings. The van der Waals surface area contributed by atoms with Gasteiger partial charge in [-0.2, -0.15) is 30.6 Å². The number of sulfonamides is 1. The van der Waals surface area contributed by atoms with Crippen LogP contribution in [0.5, 0.6) is 11.5 Å². The Bertz CT molecular complexity index is 1870. The molecule has 0 fully saturated rings. The van der Waals surface area contributed by atoms with Crippen LogP contribution in [0.15, 0.2) is 83.8 Å². The fourth-order valence-corrected chi connectivity index (χ4v) is 6.49. The number of fused-ring (bicyclic) bond motifs is 1. The van der Waals surface area contributed by atoms with Gasteiger partial charge in [-0.05, 0) is 96.3 Å². The SMILES string of the molecule is Cc1ccc2c(c1NC(=O)Cc1ccc(C(F)(F)F)c(F)c1)CCN(S(=O)(=O)c1ccc(Oc3ccc(C(F)(F)F)cc3)cc1)C2. The number of rotatable bonds is 7. The fourth-order valence-electron chi connectivity index (χ4n) is 5.07. The summed E-state index contributed by atoms with van der Waals surface area (Å²) in [6, 6.07) is 15.3. The van der Waals surface area contributed by atoms with Crippen LogP contribution in [0, 0.1) is 12.7 Å². The number of hydrogen-bond donors (Lipinski definition) is 1. The van der Waals surface area contributed by atoms with Crippen LogP contribution in [0.25, 0.3) is 0 Å². The molecule has 6 nitrogen and oxygen atoms in total. The number of ether oxygens (including phenoxy) is 1. The molecule has 0 bridgehead atoms. The first-order valence-corrected chi connectivity index (χ1v) is 15.2. The number of carbonyl (C=O) groups excluding carboxylic acids is 1. The first-order chi connectivity index (χ1) is 21.5. The summed E-state index contributed by atoms with van der Waals surface area (Å²) in [6.07, 6.45) is -9.48. The lowest BCUT2D eigenvalue weighted by molar-refractivity contribution is -0.140. The molecule has 46 heavy (non-hydrogen) atoms. The normalized spacial score (nSPS) is 14.1. The van der Waals surface area contributed by atoms with Crippen molar-refractivity contribution >= 4 is 21.6 Å². The van der Waals surface area contributed by atoms with Crippen LogP contribution in [-0.2, 0) is 46.6 Å². The number of nitrogens with one attached hydrogen (secondary N) is 1. The standard InChI is InChI=1S/C32H25F7N2O4S/c1-19-2-4-21-18-41(15-14-26(21)30(19)40-29(42)17-20-3-13-27(28(33)16-20)32(37,38)39)46(43,44)25-11-9-24(10-12-25)45-23-7-5-22(6-8-23)31(34,35)36/h2-13,16H,14-15,17-18H2,1H3,(H,40,42). The number of halogens is 7. The third-order valence-electron chi connectivity index (χ3n) is 7.42. The van der Waals surface area contributed by atoms with Crippen LogP contribution in [0.4, 0.5) is 36.4 Å². The van der Waals surface area contributed by atoms with Gasteiger partial charge in [-0.15, -0.1) is 0 Å². The van der Waals surface area contributed by atoms with Gasteiger partial charge in [0.1, 0.15) is 17.3 Å². The molecule has 4 aromatic rings. The number of alkyl halides is 6. The highest BCUT2D eigenvalue weighted by molar-refractivity contribution is 7.89. The van der Waals surface area contributed by atoms with Gasteiger partial charge in [0, 0.05) is 18.8 Å². The highest BCUT2D eigenvalue weighted by Gasteiger charge is 2.34. The maximum Gasteiger partial charge on any atom is 0.419 e. The summed E-state index contributed by atoms with van der Waals surface area (Å²) in [7, 11) is -3.97. The number of anilines is 1. The quantitative estimate of drug-likeness (QED) is 0.204. The first-order valence-electron chi connectivity index (χ1n) is 13.7. The predicted octanol–water partition coefficient (Wildman–Crippen LogP) is 7.89.